The fourth-order valence-corrected chi connectivity index (χ4v) is 2.76. The van der Waals surface area contributed by atoms with Crippen LogP contribution in [0.15, 0.2) is 36.9 Å². The second-order valence-electron chi connectivity index (χ2n) is 7.06. The predicted molar refractivity (Wildman–Crippen MR) is 93.7 cm³/mol. The molecule has 1 heterocycles. The maximum Gasteiger partial charge on any atom is 0.411 e. The molecule has 1 fully saturated rings. The van der Waals surface area contributed by atoms with E-state index in [0.717, 1.165) is 5.56 Å². The summed E-state index contributed by atoms with van der Waals surface area (Å²) in [5.41, 5.74) is 0.287. The highest BCUT2D eigenvalue weighted by atomic mass is 16.6. The summed E-state index contributed by atoms with van der Waals surface area (Å²) in [5.74, 6) is -0.376. The van der Waals surface area contributed by atoms with E-state index in [1.807, 2.05) is 24.3 Å². The van der Waals surface area contributed by atoms with E-state index in [4.69, 9.17) is 9.47 Å². The number of ether oxygens (including phenoxy) is 2. The van der Waals surface area contributed by atoms with Gasteiger partial charge in [0.15, 0.2) is 0 Å². The first-order valence-corrected chi connectivity index (χ1v) is 8.29. The fraction of sp³-hybridized carbons (Fsp3) is 0.474. The van der Waals surface area contributed by atoms with Gasteiger partial charge in [-0.05, 0) is 38.8 Å². The van der Waals surface area contributed by atoms with Gasteiger partial charge in [0.25, 0.3) is 0 Å². The number of hydrogen-bond donors (Lipinski definition) is 1. The van der Waals surface area contributed by atoms with Gasteiger partial charge in [-0.1, -0.05) is 24.3 Å². The van der Waals surface area contributed by atoms with E-state index >= 15 is 0 Å². The summed E-state index contributed by atoms with van der Waals surface area (Å²) in [4.78, 5) is 25.1. The van der Waals surface area contributed by atoms with Crippen molar-refractivity contribution in [2.75, 3.05) is 6.54 Å². The number of carboxylic acids is 1. The van der Waals surface area contributed by atoms with Crippen LogP contribution in [0.5, 0.6) is 5.75 Å². The van der Waals surface area contributed by atoms with Crippen molar-refractivity contribution in [1.29, 1.82) is 0 Å². The van der Waals surface area contributed by atoms with Crippen LogP contribution in [0.1, 0.15) is 32.8 Å². The highest BCUT2D eigenvalue weighted by Crippen LogP contribution is 2.27. The zero-order valence-electron chi connectivity index (χ0n) is 14.9. The minimum Gasteiger partial charge on any atom is -0.488 e. The molecule has 0 spiro atoms. The number of likely N-dealkylation sites (tertiary alicyclic amines) is 1. The SMILES string of the molecule is C=CCc1ccccc1O[C@H]1C[C@@H](C(=O)O)N(C(=O)OC(C)(C)C)C1. The van der Waals surface area contributed by atoms with Gasteiger partial charge in [-0.3, -0.25) is 4.90 Å². The van der Waals surface area contributed by atoms with Crippen LogP contribution < -0.4 is 4.74 Å². The zero-order valence-corrected chi connectivity index (χ0v) is 14.9. The molecule has 1 aromatic rings. The molecule has 6 nitrogen and oxygen atoms in total. The van der Waals surface area contributed by atoms with E-state index in [-0.39, 0.29) is 13.0 Å². The molecule has 6 heteroatoms. The summed E-state index contributed by atoms with van der Waals surface area (Å²) in [6.45, 7) is 9.14. The van der Waals surface area contributed by atoms with Crippen LogP contribution in [0.4, 0.5) is 4.79 Å². The Kier molecular flexibility index (Phi) is 5.72. The molecule has 0 bridgehead atoms. The first-order chi connectivity index (χ1) is 11.7. The molecule has 2 atom stereocenters. The van der Waals surface area contributed by atoms with Crippen molar-refractivity contribution in [1.82, 2.24) is 4.90 Å². The van der Waals surface area contributed by atoms with Crippen molar-refractivity contribution in [3.05, 3.63) is 42.5 Å². The predicted octanol–water partition coefficient (Wildman–Crippen LogP) is 3.26. The van der Waals surface area contributed by atoms with E-state index in [2.05, 4.69) is 6.58 Å². The Morgan fingerprint density at radius 2 is 2.04 bits per heavy atom. The van der Waals surface area contributed by atoms with Crippen molar-refractivity contribution in [2.45, 2.75) is 51.4 Å². The number of amides is 1. The van der Waals surface area contributed by atoms with Crippen LogP contribution in [0.2, 0.25) is 0 Å². The van der Waals surface area contributed by atoms with Gasteiger partial charge in [0.2, 0.25) is 0 Å². The summed E-state index contributed by atoms with van der Waals surface area (Å²) in [5, 5.41) is 9.44. The molecule has 0 saturated carbocycles. The number of carboxylic acid groups (broad SMARTS) is 1. The highest BCUT2D eigenvalue weighted by molar-refractivity contribution is 5.81. The summed E-state index contributed by atoms with van der Waals surface area (Å²) in [7, 11) is 0. The molecule has 1 aliphatic heterocycles. The van der Waals surface area contributed by atoms with Crippen LogP contribution in [0.25, 0.3) is 0 Å². The number of carbonyl (C=O) groups excluding carboxylic acids is 1. The first kappa shape index (κ1) is 18.8. The van der Waals surface area contributed by atoms with Crippen molar-refractivity contribution in [3.8, 4) is 5.75 Å². The number of aliphatic carboxylic acids is 1. The normalized spacial score (nSPS) is 20.2. The van der Waals surface area contributed by atoms with Crippen LogP contribution in [0, 0.1) is 0 Å². The van der Waals surface area contributed by atoms with Gasteiger partial charge in [-0.25, -0.2) is 9.59 Å². The average molecular weight is 347 g/mol. The third kappa shape index (κ3) is 4.98. The average Bonchev–Trinajstić information content (AvgIpc) is 2.92. The minimum absolute atomic E-state index is 0.175. The third-order valence-corrected chi connectivity index (χ3v) is 3.81. The molecule has 1 aliphatic rings. The third-order valence-electron chi connectivity index (χ3n) is 3.81. The molecule has 0 unspecified atom stereocenters. The van der Waals surface area contributed by atoms with Crippen molar-refractivity contribution in [2.24, 2.45) is 0 Å². The molecule has 0 aromatic heterocycles. The highest BCUT2D eigenvalue weighted by Gasteiger charge is 2.42. The van der Waals surface area contributed by atoms with Crippen LogP contribution in [0.3, 0.4) is 0 Å². The lowest BCUT2D eigenvalue weighted by Gasteiger charge is -2.26. The second-order valence-corrected chi connectivity index (χ2v) is 7.06. The topological polar surface area (TPSA) is 76.1 Å². The summed E-state index contributed by atoms with van der Waals surface area (Å²) >= 11 is 0. The smallest absolute Gasteiger partial charge is 0.411 e. The van der Waals surface area contributed by atoms with E-state index in [0.29, 0.717) is 12.2 Å². The Hall–Kier alpha value is -2.50. The number of allylic oxidation sites excluding steroid dienone is 1. The van der Waals surface area contributed by atoms with Gasteiger partial charge in [0, 0.05) is 6.42 Å². The number of para-hydroxylation sites is 1. The van der Waals surface area contributed by atoms with Crippen LogP contribution in [-0.4, -0.2) is 46.4 Å². The van der Waals surface area contributed by atoms with E-state index in [1.165, 1.54) is 4.90 Å². The van der Waals surface area contributed by atoms with Crippen molar-refractivity contribution in [3.63, 3.8) is 0 Å². The quantitative estimate of drug-likeness (QED) is 0.828. The summed E-state index contributed by atoms with van der Waals surface area (Å²) < 4.78 is 11.3. The maximum absolute atomic E-state index is 12.3. The molecule has 136 valence electrons. The Labute approximate surface area is 148 Å². The molecule has 25 heavy (non-hydrogen) atoms. The zero-order chi connectivity index (χ0) is 18.6. The molecule has 1 saturated heterocycles. The van der Waals surface area contributed by atoms with Crippen LogP contribution in [-0.2, 0) is 16.0 Å². The Morgan fingerprint density at radius 1 is 1.36 bits per heavy atom. The number of carbonyl (C=O) groups is 2. The minimum atomic E-state index is -1.06. The Bertz CT molecular complexity index is 649. The molecule has 1 amide bonds. The number of hydrogen-bond acceptors (Lipinski definition) is 4. The standard InChI is InChI=1S/C19H25NO5/c1-5-8-13-9-6-7-10-16(13)24-14-11-15(17(21)22)20(12-14)18(23)25-19(2,3)4/h5-7,9-10,14-15H,1,8,11-12H2,2-4H3,(H,21,22)/t14-,15-/m0/s1. The van der Waals surface area contributed by atoms with Gasteiger partial charge in [-0.2, -0.15) is 0 Å². The van der Waals surface area contributed by atoms with E-state index in [9.17, 15) is 14.7 Å². The molecular weight excluding hydrogens is 322 g/mol. The number of benzene rings is 1. The lowest BCUT2D eigenvalue weighted by atomic mass is 10.1. The molecule has 1 N–H and O–H groups in total. The number of rotatable bonds is 5. The van der Waals surface area contributed by atoms with Crippen molar-refractivity contribution >= 4 is 12.1 Å². The van der Waals surface area contributed by atoms with Crippen molar-refractivity contribution < 1.29 is 24.2 Å². The van der Waals surface area contributed by atoms with Gasteiger partial charge in [-0.15, -0.1) is 6.58 Å². The number of nitrogens with zero attached hydrogens (tertiary/aromatic N) is 1. The molecule has 2 rings (SSSR count). The van der Waals surface area contributed by atoms with Gasteiger partial charge in [0.05, 0.1) is 6.54 Å². The molecule has 0 aliphatic carbocycles. The first-order valence-electron chi connectivity index (χ1n) is 8.29. The molecule has 0 radical (unpaired) electrons. The second kappa shape index (κ2) is 7.59. The fourth-order valence-electron chi connectivity index (χ4n) is 2.76. The van der Waals surface area contributed by atoms with E-state index in [1.54, 1.807) is 26.8 Å². The lowest BCUT2D eigenvalue weighted by molar-refractivity contribution is -0.142. The lowest BCUT2D eigenvalue weighted by Crippen LogP contribution is -2.43. The summed E-state index contributed by atoms with van der Waals surface area (Å²) in [6.07, 6.45) is 1.62. The van der Waals surface area contributed by atoms with Crippen LogP contribution >= 0.6 is 0 Å². The van der Waals surface area contributed by atoms with Gasteiger partial charge >= 0.3 is 12.1 Å². The Balaban J connectivity index is 2.13. The van der Waals surface area contributed by atoms with Gasteiger partial charge < -0.3 is 14.6 Å². The Morgan fingerprint density at radius 3 is 2.64 bits per heavy atom. The maximum atomic E-state index is 12.3. The largest absolute Gasteiger partial charge is 0.488 e. The summed E-state index contributed by atoms with van der Waals surface area (Å²) in [6, 6.07) is 6.59. The molecule has 1 aromatic carbocycles. The van der Waals surface area contributed by atoms with E-state index < -0.39 is 29.8 Å². The molecular formula is C19H25NO5. The monoisotopic (exact) mass is 347 g/mol. The van der Waals surface area contributed by atoms with Gasteiger partial charge in [0.1, 0.15) is 23.5 Å².